The lowest BCUT2D eigenvalue weighted by Crippen LogP contribution is -2.38. The Morgan fingerprint density at radius 1 is 1.17 bits per heavy atom. The smallest absolute Gasteiger partial charge is 0.0157 e. The monoisotopic (exact) mass is 240 g/mol. The van der Waals surface area contributed by atoms with Crippen molar-refractivity contribution in [3.63, 3.8) is 0 Å². The molecule has 0 N–H and O–H groups in total. The molecule has 0 spiro atoms. The predicted molar refractivity (Wildman–Crippen MR) is 78.4 cm³/mol. The average molecular weight is 240 g/mol. The Bertz CT molecular complexity index is 421. The normalized spacial score (nSPS) is 35.4. The van der Waals surface area contributed by atoms with Gasteiger partial charge < -0.3 is 0 Å². The summed E-state index contributed by atoms with van der Waals surface area (Å²) in [5.74, 6) is 0.681. The highest BCUT2D eigenvalue weighted by Gasteiger charge is 2.45. The molecule has 3 aliphatic carbocycles. The van der Waals surface area contributed by atoms with Gasteiger partial charge in [-0.05, 0) is 57.3 Å². The molecule has 0 heterocycles. The summed E-state index contributed by atoms with van der Waals surface area (Å²) in [7, 11) is 0. The zero-order valence-corrected chi connectivity index (χ0v) is 11.3. The fraction of sp³-hybridized carbons (Fsp3) is 0.556. The minimum Gasteiger partial charge on any atom is -0.103 e. The maximum absolute atomic E-state index is 4.05. The van der Waals surface area contributed by atoms with Gasteiger partial charge in [-0.3, -0.25) is 0 Å². The molecule has 0 radical (unpaired) electrons. The zero-order valence-electron chi connectivity index (χ0n) is 11.3. The summed E-state index contributed by atoms with van der Waals surface area (Å²) in [5, 5.41) is 0. The Balaban J connectivity index is 1.83. The Kier molecular flexibility index (Phi) is 3.28. The van der Waals surface area contributed by atoms with E-state index in [1.54, 1.807) is 11.1 Å². The zero-order chi connectivity index (χ0) is 12.4. The molecule has 0 aromatic rings. The summed E-state index contributed by atoms with van der Waals surface area (Å²) < 4.78 is 0. The summed E-state index contributed by atoms with van der Waals surface area (Å²) in [4.78, 5) is 0. The van der Waals surface area contributed by atoms with Crippen LogP contribution in [0.3, 0.4) is 0 Å². The second-order valence-electron chi connectivity index (χ2n) is 6.05. The Labute approximate surface area is 111 Å². The maximum atomic E-state index is 4.05. The van der Waals surface area contributed by atoms with Crippen LogP contribution in [0, 0.1) is 11.3 Å². The van der Waals surface area contributed by atoms with E-state index in [2.05, 4.69) is 37.0 Å². The van der Waals surface area contributed by atoms with Crippen LogP contribution < -0.4 is 0 Å². The molecule has 0 aliphatic heterocycles. The first-order valence-electron chi connectivity index (χ1n) is 7.55. The molecular formula is C18H24. The fourth-order valence-electron chi connectivity index (χ4n) is 3.86. The van der Waals surface area contributed by atoms with Gasteiger partial charge in [0.15, 0.2) is 0 Å². The Morgan fingerprint density at radius 3 is 2.56 bits per heavy atom. The summed E-state index contributed by atoms with van der Waals surface area (Å²) in [5.41, 5.74) is 3.61. The molecule has 2 atom stereocenters. The van der Waals surface area contributed by atoms with Crippen LogP contribution in [0.4, 0.5) is 0 Å². The van der Waals surface area contributed by atoms with Gasteiger partial charge in [-0.15, -0.1) is 6.58 Å². The minimum absolute atomic E-state index is 0.349. The lowest BCUT2D eigenvalue weighted by Gasteiger charge is -2.48. The first kappa shape index (κ1) is 12.0. The van der Waals surface area contributed by atoms with E-state index in [0.717, 1.165) is 0 Å². The van der Waals surface area contributed by atoms with Crippen LogP contribution >= 0.6 is 0 Å². The van der Waals surface area contributed by atoms with Gasteiger partial charge in [0, 0.05) is 5.41 Å². The highest BCUT2D eigenvalue weighted by atomic mass is 14.5. The van der Waals surface area contributed by atoms with E-state index in [0.29, 0.717) is 11.3 Å². The molecule has 1 saturated carbocycles. The fourth-order valence-corrected chi connectivity index (χ4v) is 3.86. The van der Waals surface area contributed by atoms with Gasteiger partial charge in [-0.1, -0.05) is 41.5 Å². The number of hydrogen-bond donors (Lipinski definition) is 0. The first-order chi connectivity index (χ1) is 8.85. The van der Waals surface area contributed by atoms with E-state index < -0.39 is 0 Å². The third kappa shape index (κ3) is 1.92. The Morgan fingerprint density at radius 2 is 2.00 bits per heavy atom. The van der Waals surface area contributed by atoms with Crippen LogP contribution in [0.2, 0.25) is 0 Å². The summed E-state index contributed by atoms with van der Waals surface area (Å²) >= 11 is 0. The lowest BCUT2D eigenvalue weighted by molar-refractivity contribution is 0.170. The van der Waals surface area contributed by atoms with Gasteiger partial charge in [0.05, 0.1) is 0 Å². The molecule has 1 fully saturated rings. The van der Waals surface area contributed by atoms with Crippen molar-refractivity contribution < 1.29 is 0 Å². The van der Waals surface area contributed by atoms with Gasteiger partial charge in [0.2, 0.25) is 0 Å². The van der Waals surface area contributed by atoms with Gasteiger partial charge in [0.25, 0.3) is 0 Å². The molecule has 0 amide bonds. The Hall–Kier alpha value is -1.04. The van der Waals surface area contributed by atoms with Crippen molar-refractivity contribution in [1.82, 2.24) is 0 Å². The topological polar surface area (TPSA) is 0 Å². The number of allylic oxidation sites excluding steroid dienone is 7. The summed E-state index contributed by atoms with van der Waals surface area (Å²) in [6, 6.07) is 0. The first-order valence-corrected chi connectivity index (χ1v) is 7.55. The van der Waals surface area contributed by atoms with Gasteiger partial charge >= 0.3 is 0 Å². The van der Waals surface area contributed by atoms with Crippen LogP contribution in [0.15, 0.2) is 48.1 Å². The van der Waals surface area contributed by atoms with E-state index in [-0.39, 0.29) is 0 Å². The molecule has 18 heavy (non-hydrogen) atoms. The molecule has 0 unspecified atom stereocenters. The van der Waals surface area contributed by atoms with Crippen LogP contribution in [0.5, 0.6) is 0 Å². The second kappa shape index (κ2) is 4.91. The van der Waals surface area contributed by atoms with Gasteiger partial charge in [0.1, 0.15) is 0 Å². The molecule has 0 aromatic carbocycles. The molecule has 96 valence electrons. The van der Waals surface area contributed by atoms with Crippen LogP contribution in [0.25, 0.3) is 0 Å². The van der Waals surface area contributed by atoms with E-state index >= 15 is 0 Å². The molecule has 0 heteroatoms. The summed E-state index contributed by atoms with van der Waals surface area (Å²) in [6.45, 7) is 4.05. The van der Waals surface area contributed by atoms with E-state index in [9.17, 15) is 0 Å². The largest absolute Gasteiger partial charge is 0.103 e. The standard InChI is InChI=1S/C18H24/c1-2-16-12-14-18(16,17-9-5-6-10-17)13-11-15-7-3-4-8-15/h2,7,9,11,13,16H,1,3-6,8,10,12,14H2/t16-,18+/m1/s1. The molecule has 3 rings (SSSR count). The van der Waals surface area contributed by atoms with Crippen LogP contribution in [-0.4, -0.2) is 0 Å². The molecule has 3 aliphatic rings. The third-order valence-corrected chi connectivity index (χ3v) is 5.12. The maximum Gasteiger partial charge on any atom is 0.0157 e. The van der Waals surface area contributed by atoms with Crippen molar-refractivity contribution in [1.29, 1.82) is 0 Å². The molecule has 0 nitrogen and oxygen atoms in total. The van der Waals surface area contributed by atoms with Gasteiger partial charge in [-0.25, -0.2) is 0 Å². The van der Waals surface area contributed by atoms with E-state index in [1.165, 1.54) is 51.4 Å². The van der Waals surface area contributed by atoms with E-state index in [1.807, 2.05) is 0 Å². The highest BCUT2D eigenvalue weighted by Crippen LogP contribution is 2.56. The van der Waals surface area contributed by atoms with Crippen molar-refractivity contribution >= 4 is 0 Å². The third-order valence-electron chi connectivity index (χ3n) is 5.12. The van der Waals surface area contributed by atoms with Crippen molar-refractivity contribution in [2.45, 2.75) is 51.4 Å². The SMILES string of the molecule is C=C[C@@H]1CC[C@]1(C=CC1=CCCC1)C1=CCCC1. The van der Waals surface area contributed by atoms with Crippen LogP contribution in [0.1, 0.15) is 51.4 Å². The second-order valence-corrected chi connectivity index (χ2v) is 6.05. The predicted octanol–water partition coefficient (Wildman–Crippen LogP) is 5.35. The summed E-state index contributed by atoms with van der Waals surface area (Å²) in [6.07, 6.45) is 22.6. The molecule has 0 bridgehead atoms. The molecular weight excluding hydrogens is 216 g/mol. The van der Waals surface area contributed by atoms with Crippen molar-refractivity contribution in [2.24, 2.45) is 11.3 Å². The van der Waals surface area contributed by atoms with Crippen molar-refractivity contribution in [3.8, 4) is 0 Å². The number of rotatable bonds is 4. The quantitative estimate of drug-likeness (QED) is 0.581. The highest BCUT2D eigenvalue weighted by molar-refractivity contribution is 5.35. The molecule has 0 aromatic heterocycles. The lowest BCUT2D eigenvalue weighted by atomic mass is 9.56. The molecule has 0 saturated heterocycles. The van der Waals surface area contributed by atoms with Crippen LogP contribution in [-0.2, 0) is 0 Å². The average Bonchev–Trinajstić information content (AvgIpc) is 3.01. The van der Waals surface area contributed by atoms with Crippen molar-refractivity contribution in [3.05, 3.63) is 48.1 Å². The number of hydrogen-bond acceptors (Lipinski definition) is 0. The van der Waals surface area contributed by atoms with Gasteiger partial charge in [-0.2, -0.15) is 0 Å². The van der Waals surface area contributed by atoms with Crippen molar-refractivity contribution in [2.75, 3.05) is 0 Å². The minimum atomic E-state index is 0.349. The van der Waals surface area contributed by atoms with E-state index in [4.69, 9.17) is 0 Å².